The zero-order valence-corrected chi connectivity index (χ0v) is 12.2. The predicted molar refractivity (Wildman–Crippen MR) is 76.1 cm³/mol. The van der Waals surface area contributed by atoms with Crippen LogP contribution in [0.4, 0.5) is 5.95 Å². The molecule has 0 aliphatic heterocycles. The number of likely N-dealkylation sites (N-methyl/N-ethyl adjacent to an activating group) is 1. The van der Waals surface area contributed by atoms with Crippen LogP contribution in [0.15, 0.2) is 22.9 Å². The highest BCUT2D eigenvalue weighted by atomic mass is 16.3. The molecule has 0 bridgehead atoms. The van der Waals surface area contributed by atoms with Gasteiger partial charge in [0.05, 0.1) is 6.54 Å². The number of hydrogen-bond donors (Lipinski definition) is 1. The van der Waals surface area contributed by atoms with Crippen LogP contribution in [-0.4, -0.2) is 32.6 Å². The first-order valence-electron chi connectivity index (χ1n) is 7.00. The van der Waals surface area contributed by atoms with Gasteiger partial charge in [0, 0.05) is 13.0 Å². The third-order valence-electron chi connectivity index (χ3n) is 3.83. The van der Waals surface area contributed by atoms with Crippen molar-refractivity contribution in [1.82, 2.24) is 19.7 Å². The summed E-state index contributed by atoms with van der Waals surface area (Å²) in [5.41, 5.74) is 5.42. The highest BCUT2D eigenvalue weighted by Crippen LogP contribution is 2.47. The SMILES string of the molecule is CC1CC1c1ccc(CN(C)C(=O)Cn2cnc(N)n2)o1. The molecule has 112 valence electrons. The van der Waals surface area contributed by atoms with Gasteiger partial charge in [0.1, 0.15) is 24.4 Å². The van der Waals surface area contributed by atoms with E-state index in [2.05, 4.69) is 17.0 Å². The number of furan rings is 1. The first kappa shape index (κ1) is 13.7. The summed E-state index contributed by atoms with van der Waals surface area (Å²) in [6.07, 6.45) is 2.63. The van der Waals surface area contributed by atoms with E-state index in [1.54, 1.807) is 11.9 Å². The average Bonchev–Trinajstić information content (AvgIpc) is 2.84. The van der Waals surface area contributed by atoms with Gasteiger partial charge in [0.2, 0.25) is 11.9 Å². The number of nitrogen functional groups attached to an aromatic ring is 1. The third kappa shape index (κ3) is 3.07. The maximum atomic E-state index is 12.1. The molecule has 0 radical (unpaired) electrons. The normalized spacial score (nSPS) is 20.5. The van der Waals surface area contributed by atoms with Crippen molar-refractivity contribution in [3.05, 3.63) is 30.0 Å². The van der Waals surface area contributed by atoms with Crippen LogP contribution in [0, 0.1) is 5.92 Å². The van der Waals surface area contributed by atoms with Crippen LogP contribution in [0.1, 0.15) is 30.8 Å². The van der Waals surface area contributed by atoms with E-state index in [4.69, 9.17) is 10.2 Å². The Hall–Kier alpha value is -2.31. The summed E-state index contributed by atoms with van der Waals surface area (Å²) in [5.74, 6) is 3.19. The summed E-state index contributed by atoms with van der Waals surface area (Å²) in [5, 5.41) is 3.90. The largest absolute Gasteiger partial charge is 0.464 e. The third-order valence-corrected chi connectivity index (χ3v) is 3.83. The van der Waals surface area contributed by atoms with Crippen LogP contribution in [-0.2, 0) is 17.9 Å². The second kappa shape index (κ2) is 5.23. The fraction of sp³-hybridized carbons (Fsp3) is 0.500. The molecule has 3 rings (SSSR count). The highest BCUT2D eigenvalue weighted by Gasteiger charge is 2.36. The number of aromatic nitrogens is 3. The topological polar surface area (TPSA) is 90.2 Å². The van der Waals surface area contributed by atoms with Gasteiger partial charge in [-0.05, 0) is 24.5 Å². The molecule has 0 aromatic carbocycles. The van der Waals surface area contributed by atoms with E-state index in [1.165, 1.54) is 17.4 Å². The van der Waals surface area contributed by atoms with E-state index < -0.39 is 0 Å². The minimum Gasteiger partial charge on any atom is -0.464 e. The van der Waals surface area contributed by atoms with E-state index in [0.29, 0.717) is 18.4 Å². The first-order chi connectivity index (χ1) is 10.0. The molecule has 1 amide bonds. The van der Waals surface area contributed by atoms with Crippen molar-refractivity contribution < 1.29 is 9.21 Å². The minimum atomic E-state index is -0.0716. The van der Waals surface area contributed by atoms with Gasteiger partial charge in [-0.2, -0.15) is 0 Å². The van der Waals surface area contributed by atoms with Crippen molar-refractivity contribution >= 4 is 11.9 Å². The summed E-state index contributed by atoms with van der Waals surface area (Å²) in [6, 6.07) is 3.96. The van der Waals surface area contributed by atoms with Crippen LogP contribution in [0.3, 0.4) is 0 Å². The van der Waals surface area contributed by atoms with Gasteiger partial charge in [-0.25, -0.2) is 9.67 Å². The van der Waals surface area contributed by atoms with Crippen LogP contribution >= 0.6 is 0 Å². The summed E-state index contributed by atoms with van der Waals surface area (Å²) < 4.78 is 7.23. The summed E-state index contributed by atoms with van der Waals surface area (Å²) in [7, 11) is 1.74. The van der Waals surface area contributed by atoms with E-state index in [9.17, 15) is 4.79 Å². The molecule has 2 heterocycles. The van der Waals surface area contributed by atoms with Crippen LogP contribution in [0.25, 0.3) is 0 Å². The first-order valence-corrected chi connectivity index (χ1v) is 7.00. The molecule has 1 aliphatic rings. The molecular formula is C14H19N5O2. The molecule has 7 nitrogen and oxygen atoms in total. The Morgan fingerprint density at radius 1 is 1.57 bits per heavy atom. The number of nitrogens with two attached hydrogens (primary N) is 1. The van der Waals surface area contributed by atoms with Gasteiger partial charge < -0.3 is 15.1 Å². The molecule has 1 fully saturated rings. The minimum absolute atomic E-state index is 0.0716. The molecule has 0 spiro atoms. The van der Waals surface area contributed by atoms with Crippen LogP contribution < -0.4 is 5.73 Å². The van der Waals surface area contributed by atoms with E-state index in [-0.39, 0.29) is 18.4 Å². The summed E-state index contributed by atoms with van der Waals surface area (Å²) in [6.45, 7) is 2.78. The molecule has 21 heavy (non-hydrogen) atoms. The Kier molecular flexibility index (Phi) is 3.40. The molecular weight excluding hydrogens is 270 g/mol. The smallest absolute Gasteiger partial charge is 0.244 e. The number of carbonyl (C=O) groups excluding carboxylic acids is 1. The Balaban J connectivity index is 1.56. The lowest BCUT2D eigenvalue weighted by atomic mass is 10.3. The van der Waals surface area contributed by atoms with Gasteiger partial charge in [0.15, 0.2) is 0 Å². The van der Waals surface area contributed by atoms with E-state index in [1.807, 2.05) is 12.1 Å². The highest BCUT2D eigenvalue weighted by molar-refractivity contribution is 5.75. The van der Waals surface area contributed by atoms with Crippen molar-refractivity contribution in [3.8, 4) is 0 Å². The summed E-state index contributed by atoms with van der Waals surface area (Å²) in [4.78, 5) is 17.5. The molecule has 2 atom stereocenters. The van der Waals surface area contributed by atoms with E-state index >= 15 is 0 Å². The van der Waals surface area contributed by atoms with Gasteiger partial charge in [-0.1, -0.05) is 6.92 Å². The van der Waals surface area contributed by atoms with Gasteiger partial charge in [-0.15, -0.1) is 5.10 Å². The molecule has 2 aromatic rings. The van der Waals surface area contributed by atoms with Gasteiger partial charge >= 0.3 is 0 Å². The Labute approximate surface area is 122 Å². The second-order valence-corrected chi connectivity index (χ2v) is 5.67. The van der Waals surface area contributed by atoms with Crippen molar-refractivity contribution in [2.45, 2.75) is 32.4 Å². The van der Waals surface area contributed by atoms with Crippen LogP contribution in [0.5, 0.6) is 0 Å². The van der Waals surface area contributed by atoms with Crippen LogP contribution in [0.2, 0.25) is 0 Å². The lowest BCUT2D eigenvalue weighted by Gasteiger charge is -2.15. The van der Waals surface area contributed by atoms with Crippen molar-refractivity contribution in [3.63, 3.8) is 0 Å². The van der Waals surface area contributed by atoms with Crippen molar-refractivity contribution in [1.29, 1.82) is 0 Å². The number of hydrogen-bond acceptors (Lipinski definition) is 5. The maximum absolute atomic E-state index is 12.1. The fourth-order valence-electron chi connectivity index (χ4n) is 2.36. The second-order valence-electron chi connectivity index (χ2n) is 5.67. The number of amides is 1. The Bertz CT molecular complexity index is 647. The quantitative estimate of drug-likeness (QED) is 0.894. The molecule has 2 unspecified atom stereocenters. The predicted octanol–water partition coefficient (Wildman–Crippen LogP) is 1.24. The zero-order chi connectivity index (χ0) is 15.0. The Morgan fingerprint density at radius 3 is 2.95 bits per heavy atom. The lowest BCUT2D eigenvalue weighted by Crippen LogP contribution is -2.29. The van der Waals surface area contributed by atoms with Gasteiger partial charge in [-0.3, -0.25) is 4.79 Å². The summed E-state index contributed by atoms with van der Waals surface area (Å²) >= 11 is 0. The zero-order valence-electron chi connectivity index (χ0n) is 12.2. The Morgan fingerprint density at radius 2 is 2.33 bits per heavy atom. The standard InChI is InChI=1S/C14H19N5O2/c1-9-5-11(9)12-4-3-10(21-12)6-18(2)13(20)7-19-8-16-14(15)17-19/h3-4,8-9,11H,5-7H2,1-2H3,(H2,15,17). The number of carbonyl (C=O) groups is 1. The van der Waals surface area contributed by atoms with Gasteiger partial charge in [0.25, 0.3) is 0 Å². The molecule has 1 aliphatic carbocycles. The fourth-order valence-corrected chi connectivity index (χ4v) is 2.36. The molecule has 1 saturated carbocycles. The average molecular weight is 289 g/mol. The number of rotatable bonds is 5. The molecule has 0 saturated heterocycles. The number of anilines is 1. The van der Waals surface area contributed by atoms with Crippen molar-refractivity contribution in [2.75, 3.05) is 12.8 Å². The number of nitrogens with zero attached hydrogens (tertiary/aromatic N) is 4. The lowest BCUT2D eigenvalue weighted by molar-refractivity contribution is -0.131. The maximum Gasteiger partial charge on any atom is 0.244 e. The molecule has 2 aromatic heterocycles. The molecule has 2 N–H and O–H groups in total. The monoisotopic (exact) mass is 289 g/mol. The molecule has 7 heteroatoms. The van der Waals surface area contributed by atoms with Crippen molar-refractivity contribution in [2.24, 2.45) is 5.92 Å². The van der Waals surface area contributed by atoms with E-state index in [0.717, 1.165) is 11.5 Å².